The van der Waals surface area contributed by atoms with Gasteiger partial charge in [-0.15, -0.1) is 0 Å². The second-order valence-corrected chi connectivity index (χ2v) is 3.15. The summed E-state index contributed by atoms with van der Waals surface area (Å²) in [5, 5.41) is 1.87. The van der Waals surface area contributed by atoms with Crippen LogP contribution in [0, 0.1) is 0 Å². The zero-order valence-electron chi connectivity index (χ0n) is 8.57. The van der Waals surface area contributed by atoms with E-state index in [9.17, 15) is 4.79 Å². The fourth-order valence-electron chi connectivity index (χ4n) is 1.36. The van der Waals surface area contributed by atoms with Gasteiger partial charge in [0.15, 0.2) is 6.04 Å². The Morgan fingerprint density at radius 3 is 2.57 bits per heavy atom. The SMILES string of the molecule is C[NH2+][C@@H](Cc1ccccc1)C(=O)OC. The van der Waals surface area contributed by atoms with Gasteiger partial charge in [0.05, 0.1) is 14.2 Å². The highest BCUT2D eigenvalue weighted by Crippen LogP contribution is 2.01. The molecule has 0 bridgehead atoms. The van der Waals surface area contributed by atoms with E-state index in [1.807, 2.05) is 42.7 Å². The summed E-state index contributed by atoms with van der Waals surface area (Å²) >= 11 is 0. The van der Waals surface area contributed by atoms with Gasteiger partial charge in [-0.05, 0) is 5.56 Å². The van der Waals surface area contributed by atoms with Crippen molar-refractivity contribution in [2.45, 2.75) is 12.5 Å². The number of nitrogens with two attached hydrogens (primary N) is 1. The van der Waals surface area contributed by atoms with E-state index >= 15 is 0 Å². The predicted octanol–water partition coefficient (Wildman–Crippen LogP) is -0.0361. The fraction of sp³-hybridized carbons (Fsp3) is 0.364. The van der Waals surface area contributed by atoms with Crippen LogP contribution >= 0.6 is 0 Å². The first kappa shape index (κ1) is 10.7. The molecule has 0 heterocycles. The number of quaternary nitrogens is 1. The third kappa shape index (κ3) is 2.85. The van der Waals surface area contributed by atoms with Crippen LogP contribution in [0.1, 0.15) is 5.56 Å². The van der Waals surface area contributed by atoms with Crippen LogP contribution in [0.25, 0.3) is 0 Å². The minimum absolute atomic E-state index is 0.137. The molecule has 1 aromatic rings. The van der Waals surface area contributed by atoms with Gasteiger partial charge in [-0.2, -0.15) is 0 Å². The van der Waals surface area contributed by atoms with Crippen molar-refractivity contribution in [2.75, 3.05) is 14.2 Å². The topological polar surface area (TPSA) is 42.9 Å². The smallest absolute Gasteiger partial charge is 0.364 e. The molecule has 2 N–H and O–H groups in total. The summed E-state index contributed by atoms with van der Waals surface area (Å²) in [5.41, 5.74) is 1.15. The summed E-state index contributed by atoms with van der Waals surface area (Å²) in [6, 6.07) is 9.80. The molecule has 14 heavy (non-hydrogen) atoms. The van der Waals surface area contributed by atoms with E-state index in [1.54, 1.807) is 0 Å². The maximum atomic E-state index is 11.3. The van der Waals surface area contributed by atoms with Gasteiger partial charge in [-0.3, -0.25) is 0 Å². The van der Waals surface area contributed by atoms with Gasteiger partial charge in [0, 0.05) is 6.42 Å². The summed E-state index contributed by atoms with van der Waals surface area (Å²) in [4.78, 5) is 11.3. The molecule has 0 amide bonds. The Kier molecular flexibility index (Phi) is 4.13. The van der Waals surface area contributed by atoms with Crippen LogP contribution in [0.4, 0.5) is 0 Å². The van der Waals surface area contributed by atoms with Crippen LogP contribution in [0.2, 0.25) is 0 Å². The fourth-order valence-corrected chi connectivity index (χ4v) is 1.36. The lowest BCUT2D eigenvalue weighted by Crippen LogP contribution is -2.89. The molecule has 0 unspecified atom stereocenters. The summed E-state index contributed by atoms with van der Waals surface area (Å²) in [7, 11) is 3.30. The Hall–Kier alpha value is -1.35. The number of likely N-dealkylation sites (N-methyl/N-ethyl adjacent to an activating group) is 1. The van der Waals surface area contributed by atoms with Crippen molar-refractivity contribution in [1.29, 1.82) is 0 Å². The molecule has 76 valence electrons. The Morgan fingerprint density at radius 1 is 1.43 bits per heavy atom. The maximum Gasteiger partial charge on any atom is 0.364 e. The highest BCUT2D eigenvalue weighted by atomic mass is 16.5. The van der Waals surface area contributed by atoms with E-state index in [0.29, 0.717) is 6.42 Å². The second kappa shape index (κ2) is 5.40. The molecule has 0 aliphatic heterocycles. The normalized spacial score (nSPS) is 12.1. The van der Waals surface area contributed by atoms with Gasteiger partial charge in [0.2, 0.25) is 0 Å². The minimum Gasteiger partial charge on any atom is -0.465 e. The highest BCUT2D eigenvalue weighted by molar-refractivity contribution is 5.74. The Bertz CT molecular complexity index is 285. The summed E-state index contributed by atoms with van der Waals surface area (Å²) in [6.45, 7) is 0. The highest BCUT2D eigenvalue weighted by Gasteiger charge is 2.20. The average Bonchev–Trinajstić information content (AvgIpc) is 2.26. The van der Waals surface area contributed by atoms with E-state index in [1.165, 1.54) is 7.11 Å². The molecule has 0 aliphatic carbocycles. The largest absolute Gasteiger partial charge is 0.465 e. The lowest BCUT2D eigenvalue weighted by Gasteiger charge is -2.10. The Labute approximate surface area is 84.1 Å². The van der Waals surface area contributed by atoms with Gasteiger partial charge in [-0.25, -0.2) is 4.79 Å². The summed E-state index contributed by atoms with van der Waals surface area (Å²) in [5.74, 6) is -0.170. The van der Waals surface area contributed by atoms with Crippen molar-refractivity contribution in [1.82, 2.24) is 0 Å². The quantitative estimate of drug-likeness (QED) is 0.684. The molecule has 0 saturated carbocycles. The summed E-state index contributed by atoms with van der Waals surface area (Å²) < 4.78 is 4.71. The van der Waals surface area contributed by atoms with Gasteiger partial charge < -0.3 is 10.1 Å². The van der Waals surface area contributed by atoms with Crippen LogP contribution in [-0.4, -0.2) is 26.2 Å². The number of rotatable bonds is 4. The number of carbonyl (C=O) groups is 1. The molecule has 0 spiro atoms. The van der Waals surface area contributed by atoms with Crippen molar-refractivity contribution in [3.05, 3.63) is 35.9 Å². The number of esters is 1. The second-order valence-electron chi connectivity index (χ2n) is 3.15. The zero-order chi connectivity index (χ0) is 10.4. The molecular formula is C11H16NO2+. The van der Waals surface area contributed by atoms with E-state index in [-0.39, 0.29) is 12.0 Å². The Morgan fingerprint density at radius 2 is 2.07 bits per heavy atom. The molecule has 1 rings (SSSR count). The van der Waals surface area contributed by atoms with Crippen molar-refractivity contribution < 1.29 is 14.8 Å². The van der Waals surface area contributed by atoms with E-state index < -0.39 is 0 Å². The molecule has 0 saturated heterocycles. The van der Waals surface area contributed by atoms with Gasteiger partial charge in [0.1, 0.15) is 0 Å². The molecule has 0 fully saturated rings. The van der Waals surface area contributed by atoms with Crippen LogP contribution in [-0.2, 0) is 16.0 Å². The van der Waals surface area contributed by atoms with Gasteiger partial charge in [-0.1, -0.05) is 30.3 Å². The standard InChI is InChI=1S/C11H15NO2/c1-12-10(11(13)14-2)8-9-6-4-3-5-7-9/h3-7,10,12H,8H2,1-2H3/p+1/t10-/m0/s1. The lowest BCUT2D eigenvalue weighted by molar-refractivity contribution is -0.651. The van der Waals surface area contributed by atoms with Crippen molar-refractivity contribution in [3.8, 4) is 0 Å². The number of methoxy groups -OCH3 is 1. The summed E-state index contributed by atoms with van der Waals surface area (Å²) in [6.07, 6.45) is 0.712. The predicted molar refractivity (Wildman–Crippen MR) is 53.8 cm³/mol. The van der Waals surface area contributed by atoms with Crippen molar-refractivity contribution >= 4 is 5.97 Å². The van der Waals surface area contributed by atoms with Crippen LogP contribution in [0.3, 0.4) is 0 Å². The van der Waals surface area contributed by atoms with Gasteiger partial charge in [0.25, 0.3) is 0 Å². The number of ether oxygens (including phenoxy) is 1. The molecule has 1 aromatic carbocycles. The number of carbonyl (C=O) groups excluding carboxylic acids is 1. The van der Waals surface area contributed by atoms with Gasteiger partial charge >= 0.3 is 5.97 Å². The zero-order valence-corrected chi connectivity index (χ0v) is 8.57. The molecule has 3 heteroatoms. The van der Waals surface area contributed by atoms with Crippen molar-refractivity contribution in [2.24, 2.45) is 0 Å². The third-order valence-electron chi connectivity index (χ3n) is 2.20. The molecule has 0 aliphatic rings. The first-order valence-electron chi connectivity index (χ1n) is 4.69. The number of hydrogen-bond acceptors (Lipinski definition) is 2. The molecule has 3 nitrogen and oxygen atoms in total. The first-order valence-corrected chi connectivity index (χ1v) is 4.69. The van der Waals surface area contributed by atoms with E-state index in [4.69, 9.17) is 4.74 Å². The molecular weight excluding hydrogens is 178 g/mol. The van der Waals surface area contributed by atoms with Crippen LogP contribution in [0.5, 0.6) is 0 Å². The molecule has 0 aromatic heterocycles. The third-order valence-corrected chi connectivity index (χ3v) is 2.20. The number of hydrogen-bond donors (Lipinski definition) is 1. The molecule has 1 atom stereocenters. The van der Waals surface area contributed by atoms with Crippen LogP contribution < -0.4 is 5.32 Å². The van der Waals surface area contributed by atoms with Crippen LogP contribution in [0.15, 0.2) is 30.3 Å². The van der Waals surface area contributed by atoms with E-state index in [0.717, 1.165) is 5.56 Å². The average molecular weight is 194 g/mol. The monoisotopic (exact) mass is 194 g/mol. The lowest BCUT2D eigenvalue weighted by atomic mass is 10.1. The first-order chi connectivity index (χ1) is 6.77. The molecule has 0 radical (unpaired) electrons. The maximum absolute atomic E-state index is 11.3. The minimum atomic E-state index is -0.170. The van der Waals surface area contributed by atoms with Crippen molar-refractivity contribution in [3.63, 3.8) is 0 Å². The van der Waals surface area contributed by atoms with E-state index in [2.05, 4.69) is 0 Å². The number of benzene rings is 1. The Balaban J connectivity index is 2.62.